The summed E-state index contributed by atoms with van der Waals surface area (Å²) >= 11 is 0. The molecule has 0 spiro atoms. The summed E-state index contributed by atoms with van der Waals surface area (Å²) in [5.41, 5.74) is -0.0349. The van der Waals surface area contributed by atoms with E-state index in [-0.39, 0.29) is 5.69 Å². The van der Waals surface area contributed by atoms with E-state index in [0.717, 1.165) is 13.0 Å². The van der Waals surface area contributed by atoms with E-state index in [0.29, 0.717) is 18.2 Å². The molecule has 0 aromatic carbocycles. The molecule has 0 unspecified atom stereocenters. The number of nitrogens with zero attached hydrogens (tertiary/aromatic N) is 2. The van der Waals surface area contributed by atoms with Gasteiger partial charge < -0.3 is 9.63 Å². The topological polar surface area (TPSA) is 66.6 Å². The highest BCUT2D eigenvalue weighted by atomic mass is 16.5. The molecule has 5 heteroatoms. The highest BCUT2D eigenvalue weighted by Gasteiger charge is 2.12. The van der Waals surface area contributed by atoms with Crippen molar-refractivity contribution in [2.45, 2.75) is 26.8 Å². The largest absolute Gasteiger partial charge is 0.476 e. The average molecular weight is 226 g/mol. The standard InChI is InChI=1S/C11H18N2O3/c1-8(2)4-5-13(3)7-9-6-10(11(14)15)12-16-9/h6,8H,4-5,7H2,1-3H3,(H,14,15). The Bertz CT molecular complexity index is 347. The zero-order valence-electron chi connectivity index (χ0n) is 9.93. The van der Waals surface area contributed by atoms with E-state index < -0.39 is 5.97 Å². The van der Waals surface area contributed by atoms with E-state index >= 15 is 0 Å². The van der Waals surface area contributed by atoms with Crippen molar-refractivity contribution in [2.24, 2.45) is 5.92 Å². The molecule has 0 aliphatic heterocycles. The Morgan fingerprint density at radius 1 is 1.62 bits per heavy atom. The van der Waals surface area contributed by atoms with Gasteiger partial charge in [0.25, 0.3) is 0 Å². The van der Waals surface area contributed by atoms with E-state index in [4.69, 9.17) is 9.63 Å². The normalized spacial score (nSPS) is 11.3. The van der Waals surface area contributed by atoms with Crippen LogP contribution in [0.4, 0.5) is 0 Å². The molecule has 0 bridgehead atoms. The molecule has 5 nitrogen and oxygen atoms in total. The van der Waals surface area contributed by atoms with Gasteiger partial charge in [0, 0.05) is 6.07 Å². The number of carboxylic acids is 1. The van der Waals surface area contributed by atoms with Gasteiger partial charge in [0.15, 0.2) is 11.5 Å². The maximum absolute atomic E-state index is 10.6. The third-order valence-corrected chi connectivity index (χ3v) is 2.29. The number of carboxylic acid groups (broad SMARTS) is 1. The summed E-state index contributed by atoms with van der Waals surface area (Å²) in [5.74, 6) is 0.190. The summed E-state index contributed by atoms with van der Waals surface area (Å²) in [4.78, 5) is 12.7. The Kier molecular flexibility index (Phi) is 4.49. The Balaban J connectivity index is 2.43. The zero-order chi connectivity index (χ0) is 12.1. The van der Waals surface area contributed by atoms with Gasteiger partial charge in [-0.05, 0) is 25.9 Å². The fourth-order valence-corrected chi connectivity index (χ4v) is 1.31. The molecule has 0 aliphatic rings. The second kappa shape index (κ2) is 5.65. The van der Waals surface area contributed by atoms with Crippen molar-refractivity contribution in [3.63, 3.8) is 0 Å². The van der Waals surface area contributed by atoms with Crippen molar-refractivity contribution in [1.82, 2.24) is 10.1 Å². The molecule has 0 amide bonds. The summed E-state index contributed by atoms with van der Waals surface area (Å²) in [5, 5.41) is 12.1. The van der Waals surface area contributed by atoms with Crippen LogP contribution in [0.3, 0.4) is 0 Å². The van der Waals surface area contributed by atoms with E-state index in [9.17, 15) is 4.79 Å². The minimum Gasteiger partial charge on any atom is -0.476 e. The van der Waals surface area contributed by atoms with E-state index in [1.807, 2.05) is 7.05 Å². The molecule has 0 radical (unpaired) electrons. The van der Waals surface area contributed by atoms with Gasteiger partial charge in [-0.2, -0.15) is 0 Å². The molecule has 1 heterocycles. The highest BCUT2D eigenvalue weighted by molar-refractivity contribution is 5.85. The molecule has 0 saturated heterocycles. The molecule has 0 atom stereocenters. The third kappa shape index (κ3) is 4.02. The van der Waals surface area contributed by atoms with Crippen molar-refractivity contribution < 1.29 is 14.4 Å². The second-order valence-corrected chi connectivity index (χ2v) is 4.40. The first-order valence-corrected chi connectivity index (χ1v) is 5.36. The first-order chi connectivity index (χ1) is 7.49. The van der Waals surface area contributed by atoms with Crippen LogP contribution in [0, 0.1) is 5.92 Å². The lowest BCUT2D eigenvalue weighted by Crippen LogP contribution is -2.20. The molecular weight excluding hydrogens is 208 g/mol. The second-order valence-electron chi connectivity index (χ2n) is 4.40. The van der Waals surface area contributed by atoms with Crippen LogP contribution < -0.4 is 0 Å². The minimum atomic E-state index is -1.06. The first-order valence-electron chi connectivity index (χ1n) is 5.36. The van der Waals surface area contributed by atoms with Crippen molar-refractivity contribution in [3.8, 4) is 0 Å². The van der Waals surface area contributed by atoms with Crippen molar-refractivity contribution >= 4 is 5.97 Å². The van der Waals surface area contributed by atoms with E-state index in [2.05, 4.69) is 23.9 Å². The molecule has 1 aromatic heterocycles. The van der Waals surface area contributed by atoms with E-state index in [1.165, 1.54) is 6.07 Å². The molecule has 0 aliphatic carbocycles. The monoisotopic (exact) mass is 226 g/mol. The average Bonchev–Trinajstić information content (AvgIpc) is 2.63. The van der Waals surface area contributed by atoms with Crippen LogP contribution in [0.15, 0.2) is 10.6 Å². The molecule has 1 N–H and O–H groups in total. The van der Waals surface area contributed by atoms with Gasteiger partial charge in [0.05, 0.1) is 6.54 Å². The molecule has 1 rings (SSSR count). The van der Waals surface area contributed by atoms with Gasteiger partial charge in [-0.1, -0.05) is 19.0 Å². The van der Waals surface area contributed by atoms with Gasteiger partial charge in [-0.25, -0.2) is 4.79 Å². The Morgan fingerprint density at radius 2 is 2.31 bits per heavy atom. The quantitative estimate of drug-likeness (QED) is 0.801. The smallest absolute Gasteiger partial charge is 0.358 e. The number of aromatic carboxylic acids is 1. The minimum absolute atomic E-state index is 0.0349. The molecule has 1 aromatic rings. The van der Waals surface area contributed by atoms with Crippen LogP contribution in [-0.2, 0) is 6.54 Å². The maximum atomic E-state index is 10.6. The summed E-state index contributed by atoms with van der Waals surface area (Å²) in [6.07, 6.45) is 1.11. The summed E-state index contributed by atoms with van der Waals surface area (Å²) < 4.78 is 4.93. The zero-order valence-corrected chi connectivity index (χ0v) is 9.93. The van der Waals surface area contributed by atoms with Crippen molar-refractivity contribution in [2.75, 3.05) is 13.6 Å². The van der Waals surface area contributed by atoms with Gasteiger partial charge in [-0.3, -0.25) is 4.90 Å². The molecule has 0 saturated carbocycles. The van der Waals surface area contributed by atoms with E-state index in [1.54, 1.807) is 0 Å². The van der Waals surface area contributed by atoms with Crippen molar-refractivity contribution in [1.29, 1.82) is 0 Å². The third-order valence-electron chi connectivity index (χ3n) is 2.29. The molecule has 90 valence electrons. The van der Waals surface area contributed by atoms with Crippen LogP contribution in [-0.4, -0.2) is 34.7 Å². The fourth-order valence-electron chi connectivity index (χ4n) is 1.31. The Labute approximate surface area is 95.0 Å². The number of rotatable bonds is 6. The number of hydrogen-bond acceptors (Lipinski definition) is 4. The number of aromatic nitrogens is 1. The lowest BCUT2D eigenvalue weighted by Gasteiger charge is -2.15. The van der Waals surface area contributed by atoms with Gasteiger partial charge in [-0.15, -0.1) is 0 Å². The summed E-state index contributed by atoms with van der Waals surface area (Å²) in [6, 6.07) is 1.47. The van der Waals surface area contributed by atoms with Crippen LogP contribution in [0.25, 0.3) is 0 Å². The summed E-state index contributed by atoms with van der Waals surface area (Å²) in [7, 11) is 1.98. The molecule has 16 heavy (non-hydrogen) atoms. The molecular formula is C11H18N2O3. The molecule has 0 fully saturated rings. The van der Waals surface area contributed by atoms with Crippen molar-refractivity contribution in [3.05, 3.63) is 17.5 Å². The Hall–Kier alpha value is -1.36. The van der Waals surface area contributed by atoms with Gasteiger partial charge in [0.2, 0.25) is 0 Å². The summed E-state index contributed by atoms with van der Waals surface area (Å²) in [6.45, 7) is 5.89. The SMILES string of the molecule is CC(C)CCN(C)Cc1cc(C(=O)O)no1. The van der Waals surface area contributed by atoms with Gasteiger partial charge >= 0.3 is 5.97 Å². The lowest BCUT2D eigenvalue weighted by molar-refractivity contribution is 0.0685. The van der Waals surface area contributed by atoms with Crippen LogP contribution in [0.5, 0.6) is 0 Å². The fraction of sp³-hybridized carbons (Fsp3) is 0.636. The predicted octanol–water partition coefficient (Wildman–Crippen LogP) is 1.85. The lowest BCUT2D eigenvalue weighted by atomic mass is 10.1. The van der Waals surface area contributed by atoms with Crippen LogP contribution >= 0.6 is 0 Å². The van der Waals surface area contributed by atoms with Gasteiger partial charge in [0.1, 0.15) is 0 Å². The number of carbonyl (C=O) groups is 1. The first kappa shape index (κ1) is 12.7. The highest BCUT2D eigenvalue weighted by Crippen LogP contribution is 2.08. The predicted molar refractivity (Wildman–Crippen MR) is 59.3 cm³/mol. The van der Waals surface area contributed by atoms with Crippen LogP contribution in [0.2, 0.25) is 0 Å². The number of hydrogen-bond donors (Lipinski definition) is 1. The Morgan fingerprint density at radius 3 is 2.81 bits per heavy atom. The maximum Gasteiger partial charge on any atom is 0.358 e. The van der Waals surface area contributed by atoms with Crippen LogP contribution in [0.1, 0.15) is 36.5 Å².